The third-order valence-electron chi connectivity index (χ3n) is 6.58. The average Bonchev–Trinajstić information content (AvgIpc) is 3.06. The number of benzene rings is 2. The van der Waals surface area contributed by atoms with Gasteiger partial charge in [-0.2, -0.15) is 0 Å². The van der Waals surface area contributed by atoms with Crippen molar-refractivity contribution in [1.82, 2.24) is 15.5 Å². The smallest absolute Gasteiger partial charge is 0.322 e. The van der Waals surface area contributed by atoms with Gasteiger partial charge >= 0.3 is 6.03 Å². The van der Waals surface area contributed by atoms with Crippen molar-refractivity contribution in [3.05, 3.63) is 70.5 Å². The zero-order chi connectivity index (χ0) is 21.8. The van der Waals surface area contributed by atoms with E-state index >= 15 is 0 Å². The number of imide groups is 1. The molecule has 3 amide bonds. The quantitative estimate of drug-likeness (QED) is 0.627. The van der Waals surface area contributed by atoms with Crippen LogP contribution in [-0.4, -0.2) is 35.5 Å². The zero-order valence-electron chi connectivity index (χ0n) is 17.4. The normalized spacial score (nSPS) is 22.4. The molecule has 0 unspecified atom stereocenters. The van der Waals surface area contributed by atoms with E-state index in [9.17, 15) is 14.0 Å². The fourth-order valence-electron chi connectivity index (χ4n) is 4.88. The van der Waals surface area contributed by atoms with E-state index in [2.05, 4.69) is 27.7 Å². The van der Waals surface area contributed by atoms with E-state index < -0.39 is 11.6 Å². The lowest BCUT2D eigenvalue weighted by Gasteiger charge is -2.41. The van der Waals surface area contributed by atoms with Crippen LogP contribution in [0.1, 0.15) is 36.8 Å². The minimum Gasteiger partial charge on any atom is -0.323 e. The molecule has 164 valence electrons. The number of carbonyl (C=O) groups is 2. The fraction of sp³-hybridized carbons (Fsp3) is 0.417. The van der Waals surface area contributed by atoms with Gasteiger partial charge in [0.25, 0.3) is 5.91 Å². The molecule has 2 aliphatic heterocycles. The predicted octanol–water partition coefficient (Wildman–Crippen LogP) is 4.29. The Morgan fingerprint density at radius 3 is 2.45 bits per heavy atom. The molecule has 4 rings (SSSR count). The van der Waals surface area contributed by atoms with Crippen LogP contribution in [0.2, 0.25) is 5.02 Å². The molecule has 2 fully saturated rings. The summed E-state index contributed by atoms with van der Waals surface area (Å²) in [4.78, 5) is 27.0. The van der Waals surface area contributed by atoms with Crippen LogP contribution >= 0.6 is 11.6 Å². The molecule has 5 nitrogen and oxygen atoms in total. The summed E-state index contributed by atoms with van der Waals surface area (Å²) in [6, 6.07) is 14.5. The highest BCUT2D eigenvalue weighted by Gasteiger charge is 2.51. The molecule has 2 aromatic rings. The van der Waals surface area contributed by atoms with Gasteiger partial charge in [0.05, 0.1) is 0 Å². The fourth-order valence-corrected chi connectivity index (χ4v) is 5.10. The summed E-state index contributed by atoms with van der Waals surface area (Å²) < 4.78 is 14.2. The second-order valence-electron chi connectivity index (χ2n) is 8.47. The number of nitrogens with zero attached hydrogens (tertiary/aromatic N) is 1. The second kappa shape index (κ2) is 9.37. The maximum absolute atomic E-state index is 14.2. The van der Waals surface area contributed by atoms with Crippen molar-refractivity contribution in [2.75, 3.05) is 13.1 Å². The van der Waals surface area contributed by atoms with E-state index in [4.69, 9.17) is 11.6 Å². The number of halogens is 2. The van der Waals surface area contributed by atoms with Crippen LogP contribution in [-0.2, 0) is 17.8 Å². The molecule has 0 aromatic heterocycles. The molecule has 2 aliphatic rings. The maximum Gasteiger partial charge on any atom is 0.322 e. The van der Waals surface area contributed by atoms with Crippen molar-refractivity contribution in [3.63, 3.8) is 0 Å². The van der Waals surface area contributed by atoms with Crippen molar-refractivity contribution >= 4 is 23.5 Å². The summed E-state index contributed by atoms with van der Waals surface area (Å²) in [5, 5.41) is 5.84. The zero-order valence-corrected chi connectivity index (χ0v) is 18.1. The first-order valence-electron chi connectivity index (χ1n) is 10.8. The first-order chi connectivity index (χ1) is 15.0. The molecule has 31 heavy (non-hydrogen) atoms. The Morgan fingerprint density at radius 1 is 1.06 bits per heavy atom. The number of hydrogen-bond acceptors (Lipinski definition) is 3. The molecule has 2 saturated heterocycles. The van der Waals surface area contributed by atoms with Gasteiger partial charge in [-0.15, -0.1) is 0 Å². The third kappa shape index (κ3) is 4.75. The number of hydrogen-bond donors (Lipinski definition) is 2. The van der Waals surface area contributed by atoms with Gasteiger partial charge in [0.15, 0.2) is 0 Å². The number of piperidine rings is 1. The van der Waals surface area contributed by atoms with Gasteiger partial charge in [-0.3, -0.25) is 15.0 Å². The molecule has 0 radical (unpaired) electrons. The van der Waals surface area contributed by atoms with Gasteiger partial charge in [0.1, 0.15) is 11.4 Å². The molecule has 7 heteroatoms. The second-order valence-corrected chi connectivity index (χ2v) is 8.88. The van der Waals surface area contributed by atoms with Crippen LogP contribution in [0.25, 0.3) is 0 Å². The number of nitrogens with one attached hydrogen (secondary N) is 2. The Hall–Kier alpha value is -2.44. The van der Waals surface area contributed by atoms with Crippen molar-refractivity contribution in [1.29, 1.82) is 0 Å². The topological polar surface area (TPSA) is 61.4 Å². The number of rotatable bonds is 7. The van der Waals surface area contributed by atoms with Gasteiger partial charge in [-0.25, -0.2) is 9.18 Å². The van der Waals surface area contributed by atoms with Crippen molar-refractivity contribution in [2.45, 2.75) is 44.2 Å². The van der Waals surface area contributed by atoms with Crippen molar-refractivity contribution < 1.29 is 14.0 Å². The van der Waals surface area contributed by atoms with E-state index in [0.717, 1.165) is 38.8 Å². The lowest BCUT2D eigenvalue weighted by molar-refractivity contribution is -0.127. The van der Waals surface area contributed by atoms with E-state index in [1.807, 2.05) is 18.2 Å². The van der Waals surface area contributed by atoms with Crippen LogP contribution in [0.15, 0.2) is 48.5 Å². The third-order valence-corrected chi connectivity index (χ3v) is 6.93. The highest BCUT2D eigenvalue weighted by Crippen LogP contribution is 2.35. The highest BCUT2D eigenvalue weighted by atomic mass is 35.5. The summed E-state index contributed by atoms with van der Waals surface area (Å²) in [6.07, 6.45) is 3.78. The molecule has 2 aromatic carbocycles. The largest absolute Gasteiger partial charge is 0.323 e. The minimum absolute atomic E-state index is 0.0436. The molecule has 0 aliphatic carbocycles. The van der Waals surface area contributed by atoms with Crippen LogP contribution in [0, 0.1) is 11.7 Å². The number of amides is 3. The first-order valence-corrected chi connectivity index (χ1v) is 11.2. The van der Waals surface area contributed by atoms with Gasteiger partial charge in [-0.1, -0.05) is 48.0 Å². The first kappa shape index (κ1) is 21.8. The molecule has 0 bridgehead atoms. The van der Waals surface area contributed by atoms with E-state index in [0.29, 0.717) is 23.6 Å². The van der Waals surface area contributed by atoms with E-state index in [1.54, 1.807) is 12.1 Å². The van der Waals surface area contributed by atoms with Crippen molar-refractivity contribution in [2.24, 2.45) is 5.92 Å². The van der Waals surface area contributed by atoms with Crippen LogP contribution in [0.4, 0.5) is 9.18 Å². The Balaban J connectivity index is 1.40. The molecule has 0 spiro atoms. The lowest BCUT2D eigenvalue weighted by atomic mass is 9.74. The standard InChI is InChI=1S/C24H27ClFN3O2/c25-20-9-4-10-21(26)19(20)16-29-14-11-18(12-15-29)24(22(30)27-23(31)28-24)13-5-8-17-6-2-1-3-7-17/h1-4,6-7,9-10,18H,5,8,11-16H2,(H2,27,28,30,31)/t24-/m0/s1. The van der Waals surface area contributed by atoms with E-state index in [-0.39, 0.29) is 17.6 Å². The average molecular weight is 444 g/mol. The SMILES string of the molecule is O=C1NC(=O)[C@](CCCc2ccccc2)(C2CCN(Cc3c(F)cccc3Cl)CC2)N1. The van der Waals surface area contributed by atoms with Crippen LogP contribution in [0.3, 0.4) is 0 Å². The summed E-state index contributed by atoms with van der Waals surface area (Å²) in [6.45, 7) is 1.88. The molecular weight excluding hydrogens is 417 g/mol. The Bertz CT molecular complexity index is 927. The summed E-state index contributed by atoms with van der Waals surface area (Å²) in [5.74, 6) is -0.474. The van der Waals surface area contributed by atoms with Gasteiger partial charge in [0, 0.05) is 17.1 Å². The Labute approximate surface area is 187 Å². The molecule has 1 atom stereocenters. The van der Waals surface area contributed by atoms with Gasteiger partial charge in [0.2, 0.25) is 0 Å². The number of aryl methyl sites for hydroxylation is 1. The Morgan fingerprint density at radius 2 is 1.81 bits per heavy atom. The monoisotopic (exact) mass is 443 g/mol. The molecular formula is C24H27ClFN3O2. The highest BCUT2D eigenvalue weighted by molar-refractivity contribution is 6.31. The van der Waals surface area contributed by atoms with E-state index in [1.165, 1.54) is 11.6 Å². The Kier molecular flexibility index (Phi) is 6.58. The number of urea groups is 1. The number of likely N-dealkylation sites (tertiary alicyclic amines) is 1. The molecule has 2 N–H and O–H groups in total. The van der Waals surface area contributed by atoms with Crippen LogP contribution in [0.5, 0.6) is 0 Å². The summed E-state index contributed by atoms with van der Waals surface area (Å²) >= 11 is 6.18. The number of carbonyl (C=O) groups excluding carboxylic acids is 2. The molecule has 2 heterocycles. The minimum atomic E-state index is -0.867. The summed E-state index contributed by atoms with van der Waals surface area (Å²) in [5.41, 5.74) is 0.860. The summed E-state index contributed by atoms with van der Waals surface area (Å²) in [7, 11) is 0. The van der Waals surface area contributed by atoms with Gasteiger partial charge < -0.3 is 5.32 Å². The van der Waals surface area contributed by atoms with Crippen molar-refractivity contribution in [3.8, 4) is 0 Å². The molecule has 0 saturated carbocycles. The van der Waals surface area contributed by atoms with Gasteiger partial charge in [-0.05, 0) is 68.8 Å². The predicted molar refractivity (Wildman–Crippen MR) is 118 cm³/mol. The van der Waals surface area contributed by atoms with Crippen LogP contribution < -0.4 is 10.6 Å². The maximum atomic E-state index is 14.2. The lowest BCUT2D eigenvalue weighted by Crippen LogP contribution is -2.56.